The zero-order valence-corrected chi connectivity index (χ0v) is 13.8. The van der Waals surface area contributed by atoms with Gasteiger partial charge in [0.2, 0.25) is 0 Å². The lowest BCUT2D eigenvalue weighted by Crippen LogP contribution is -2.10. The zero-order chi connectivity index (χ0) is 16.7. The van der Waals surface area contributed by atoms with E-state index in [1.165, 1.54) is 17.4 Å². The third-order valence-corrected chi connectivity index (χ3v) is 3.82. The third kappa shape index (κ3) is 4.26. The van der Waals surface area contributed by atoms with Crippen LogP contribution in [0.3, 0.4) is 0 Å². The van der Waals surface area contributed by atoms with Crippen LogP contribution in [0.15, 0.2) is 35.9 Å². The fraction of sp³-hybridized carbons (Fsp3) is 0.235. The number of carbonyl (C=O) groups is 2. The van der Waals surface area contributed by atoms with Crippen molar-refractivity contribution in [2.24, 2.45) is 0 Å². The molecule has 23 heavy (non-hydrogen) atoms. The smallest absolute Gasteiger partial charge is 0.357 e. The summed E-state index contributed by atoms with van der Waals surface area (Å²) in [5.74, 6) is -0.988. The minimum atomic E-state index is -0.519. The summed E-state index contributed by atoms with van der Waals surface area (Å²) in [4.78, 5) is 28.8. The molecule has 0 bridgehead atoms. The standard InChI is InChI=1S/C17H17NO4S/c1-3-21-15(19)8-7-13-12(14-6-5-11-23-14)9-10-18-16(13)17(20)22-4-2/h5-11H,3-4H2,1-2H3/b8-7+. The van der Waals surface area contributed by atoms with Crippen LogP contribution in [0.2, 0.25) is 0 Å². The van der Waals surface area contributed by atoms with E-state index in [4.69, 9.17) is 9.47 Å². The first kappa shape index (κ1) is 16.9. The molecule has 0 saturated carbocycles. The molecule has 6 heteroatoms. The fourth-order valence-corrected chi connectivity index (χ4v) is 2.76. The Morgan fingerprint density at radius 2 is 2.00 bits per heavy atom. The second-order valence-electron chi connectivity index (χ2n) is 4.40. The molecule has 0 saturated heterocycles. The van der Waals surface area contributed by atoms with E-state index in [2.05, 4.69) is 4.98 Å². The topological polar surface area (TPSA) is 65.5 Å². The van der Waals surface area contributed by atoms with Gasteiger partial charge in [-0.15, -0.1) is 11.3 Å². The van der Waals surface area contributed by atoms with E-state index < -0.39 is 11.9 Å². The molecule has 120 valence electrons. The number of aromatic nitrogens is 1. The van der Waals surface area contributed by atoms with Crippen LogP contribution in [0, 0.1) is 0 Å². The minimum Gasteiger partial charge on any atom is -0.463 e. The Bertz CT molecular complexity index is 707. The van der Waals surface area contributed by atoms with Crippen LogP contribution in [0.1, 0.15) is 29.9 Å². The van der Waals surface area contributed by atoms with Gasteiger partial charge >= 0.3 is 11.9 Å². The Labute approximate surface area is 138 Å². The summed E-state index contributed by atoms with van der Waals surface area (Å²) in [6, 6.07) is 5.67. The summed E-state index contributed by atoms with van der Waals surface area (Å²) in [6.45, 7) is 4.01. The van der Waals surface area contributed by atoms with Crippen LogP contribution in [0.5, 0.6) is 0 Å². The molecule has 2 aromatic heterocycles. The predicted molar refractivity (Wildman–Crippen MR) is 89.2 cm³/mol. The summed E-state index contributed by atoms with van der Waals surface area (Å²) in [7, 11) is 0. The van der Waals surface area contributed by atoms with Gasteiger partial charge in [-0.3, -0.25) is 0 Å². The largest absolute Gasteiger partial charge is 0.463 e. The molecule has 0 fully saturated rings. The van der Waals surface area contributed by atoms with Crippen LogP contribution >= 0.6 is 11.3 Å². The highest BCUT2D eigenvalue weighted by Gasteiger charge is 2.17. The van der Waals surface area contributed by atoms with E-state index in [0.717, 1.165) is 10.4 Å². The monoisotopic (exact) mass is 331 g/mol. The maximum absolute atomic E-state index is 12.1. The molecule has 2 rings (SSSR count). The molecular formula is C17H17NO4S. The van der Waals surface area contributed by atoms with Gasteiger partial charge in [-0.2, -0.15) is 0 Å². The van der Waals surface area contributed by atoms with Gasteiger partial charge in [-0.25, -0.2) is 14.6 Å². The quantitative estimate of drug-likeness (QED) is 0.598. The number of nitrogens with zero attached hydrogens (tertiary/aromatic N) is 1. The molecule has 0 unspecified atom stereocenters. The molecule has 2 aromatic rings. The van der Waals surface area contributed by atoms with Crippen LogP contribution < -0.4 is 0 Å². The first-order valence-corrected chi connectivity index (χ1v) is 8.10. The van der Waals surface area contributed by atoms with Crippen molar-refractivity contribution in [3.63, 3.8) is 0 Å². The number of hydrogen-bond acceptors (Lipinski definition) is 6. The van der Waals surface area contributed by atoms with E-state index in [1.54, 1.807) is 32.2 Å². The minimum absolute atomic E-state index is 0.179. The first-order chi connectivity index (χ1) is 11.2. The van der Waals surface area contributed by atoms with Crippen LogP contribution in [-0.2, 0) is 14.3 Å². The van der Waals surface area contributed by atoms with Crippen molar-refractivity contribution in [2.75, 3.05) is 13.2 Å². The number of esters is 2. The molecule has 0 atom stereocenters. The van der Waals surface area contributed by atoms with Crippen LogP contribution in [-0.4, -0.2) is 30.1 Å². The van der Waals surface area contributed by atoms with Gasteiger partial charge in [0.05, 0.1) is 13.2 Å². The van der Waals surface area contributed by atoms with Gasteiger partial charge in [0.15, 0.2) is 5.69 Å². The lowest BCUT2D eigenvalue weighted by atomic mass is 10.0. The van der Waals surface area contributed by atoms with Gasteiger partial charge in [0.25, 0.3) is 0 Å². The molecule has 0 spiro atoms. The van der Waals surface area contributed by atoms with Crippen molar-refractivity contribution in [3.05, 3.63) is 47.1 Å². The molecule has 0 N–H and O–H groups in total. The lowest BCUT2D eigenvalue weighted by Gasteiger charge is -2.09. The first-order valence-electron chi connectivity index (χ1n) is 7.22. The molecule has 2 heterocycles. The van der Waals surface area contributed by atoms with Gasteiger partial charge in [0.1, 0.15) is 0 Å². The predicted octanol–water partition coefficient (Wildman–Crippen LogP) is 3.56. The number of pyridine rings is 1. The van der Waals surface area contributed by atoms with Crippen molar-refractivity contribution in [2.45, 2.75) is 13.8 Å². The maximum atomic E-state index is 12.1. The normalized spacial score (nSPS) is 10.7. The Morgan fingerprint density at radius 1 is 1.22 bits per heavy atom. The maximum Gasteiger partial charge on any atom is 0.357 e. The summed E-state index contributed by atoms with van der Waals surface area (Å²) in [6.07, 6.45) is 4.40. The second kappa shape index (κ2) is 8.24. The second-order valence-corrected chi connectivity index (χ2v) is 5.35. The van der Waals surface area contributed by atoms with E-state index in [-0.39, 0.29) is 12.3 Å². The lowest BCUT2D eigenvalue weighted by molar-refractivity contribution is -0.137. The Morgan fingerprint density at radius 3 is 2.65 bits per heavy atom. The average molecular weight is 331 g/mol. The molecule has 0 aliphatic carbocycles. The van der Waals surface area contributed by atoms with E-state index >= 15 is 0 Å². The number of thiophene rings is 1. The Balaban J connectivity index is 2.49. The Kier molecular flexibility index (Phi) is 6.05. The molecule has 0 aliphatic rings. The molecule has 0 amide bonds. The van der Waals surface area contributed by atoms with Crippen LogP contribution in [0.4, 0.5) is 0 Å². The van der Waals surface area contributed by atoms with Gasteiger partial charge in [-0.05, 0) is 37.4 Å². The van der Waals surface area contributed by atoms with E-state index in [0.29, 0.717) is 12.2 Å². The Hall–Kier alpha value is -2.47. The fourth-order valence-electron chi connectivity index (χ4n) is 1.99. The highest BCUT2D eigenvalue weighted by Crippen LogP contribution is 2.30. The SMILES string of the molecule is CCOC(=O)/C=C/c1c(-c2cccs2)ccnc1C(=O)OCC. The molecule has 0 aliphatic heterocycles. The number of rotatable bonds is 6. The van der Waals surface area contributed by atoms with Crippen LogP contribution in [0.25, 0.3) is 16.5 Å². The number of ether oxygens (including phenoxy) is 2. The van der Waals surface area contributed by atoms with Crippen molar-refractivity contribution >= 4 is 29.4 Å². The van der Waals surface area contributed by atoms with Crippen molar-refractivity contribution < 1.29 is 19.1 Å². The van der Waals surface area contributed by atoms with Crippen molar-refractivity contribution in [3.8, 4) is 10.4 Å². The van der Waals surface area contributed by atoms with Crippen molar-refractivity contribution in [1.29, 1.82) is 0 Å². The zero-order valence-electron chi connectivity index (χ0n) is 12.9. The molecule has 0 aromatic carbocycles. The summed E-state index contributed by atoms with van der Waals surface area (Å²) < 4.78 is 9.93. The summed E-state index contributed by atoms with van der Waals surface area (Å²) in [5.41, 5.74) is 1.54. The molecule has 5 nitrogen and oxygen atoms in total. The highest BCUT2D eigenvalue weighted by atomic mass is 32.1. The van der Waals surface area contributed by atoms with Crippen molar-refractivity contribution in [1.82, 2.24) is 4.98 Å². The summed E-state index contributed by atoms with van der Waals surface area (Å²) in [5, 5.41) is 1.94. The highest BCUT2D eigenvalue weighted by molar-refractivity contribution is 7.13. The molecular weight excluding hydrogens is 314 g/mol. The van der Waals surface area contributed by atoms with E-state index in [1.807, 2.05) is 17.5 Å². The van der Waals surface area contributed by atoms with Gasteiger partial charge in [0, 0.05) is 28.3 Å². The summed E-state index contributed by atoms with van der Waals surface area (Å²) >= 11 is 1.54. The third-order valence-electron chi connectivity index (χ3n) is 2.92. The number of carbonyl (C=O) groups excluding carboxylic acids is 2. The van der Waals surface area contributed by atoms with Gasteiger partial charge < -0.3 is 9.47 Å². The number of hydrogen-bond donors (Lipinski definition) is 0. The van der Waals surface area contributed by atoms with E-state index in [9.17, 15) is 9.59 Å². The van der Waals surface area contributed by atoms with Gasteiger partial charge in [-0.1, -0.05) is 6.07 Å². The average Bonchev–Trinajstić information content (AvgIpc) is 3.07. The molecule has 0 radical (unpaired) electrons.